The average Bonchev–Trinajstić information content (AvgIpc) is 2.55. The van der Waals surface area contributed by atoms with E-state index >= 15 is 0 Å². The van der Waals surface area contributed by atoms with Crippen LogP contribution in [0.3, 0.4) is 0 Å². The molecular formula is C12H18N4. The van der Waals surface area contributed by atoms with E-state index in [0.29, 0.717) is 18.3 Å². The maximum Gasteiger partial charge on any atom is 0.126 e. The fraction of sp³-hybridized carbons (Fsp3) is 0.667. The molecule has 0 saturated heterocycles. The van der Waals surface area contributed by atoms with Gasteiger partial charge in [0, 0.05) is 5.56 Å². The number of nitrogens with two attached hydrogens (primary N) is 1. The Bertz CT molecular complexity index is 380. The third-order valence-corrected chi connectivity index (χ3v) is 3.35. The van der Waals surface area contributed by atoms with Crippen molar-refractivity contribution < 1.29 is 0 Å². The van der Waals surface area contributed by atoms with Crippen molar-refractivity contribution in [1.29, 1.82) is 5.26 Å². The topological polar surface area (TPSA) is 67.6 Å². The lowest BCUT2D eigenvalue weighted by Crippen LogP contribution is -2.13. The molecule has 1 heterocycles. The molecule has 16 heavy (non-hydrogen) atoms. The van der Waals surface area contributed by atoms with Crippen molar-refractivity contribution >= 4 is 5.82 Å². The summed E-state index contributed by atoms with van der Waals surface area (Å²) in [6.07, 6.45) is 9.60. The molecule has 2 N–H and O–H groups in total. The first-order valence-electron chi connectivity index (χ1n) is 6.01. The van der Waals surface area contributed by atoms with E-state index in [4.69, 9.17) is 11.0 Å². The Morgan fingerprint density at radius 3 is 2.69 bits per heavy atom. The Balaban J connectivity index is 2.16. The maximum absolute atomic E-state index is 8.67. The van der Waals surface area contributed by atoms with Crippen molar-refractivity contribution in [3.05, 3.63) is 11.8 Å². The van der Waals surface area contributed by atoms with Gasteiger partial charge in [-0.2, -0.15) is 10.4 Å². The van der Waals surface area contributed by atoms with Crippen molar-refractivity contribution in [1.82, 2.24) is 9.78 Å². The number of nitrogen functional groups attached to an aromatic ring is 1. The van der Waals surface area contributed by atoms with Gasteiger partial charge in [-0.1, -0.05) is 25.7 Å². The van der Waals surface area contributed by atoms with Gasteiger partial charge in [-0.3, -0.25) is 0 Å². The van der Waals surface area contributed by atoms with Gasteiger partial charge in [0.1, 0.15) is 5.82 Å². The van der Waals surface area contributed by atoms with Crippen LogP contribution in [0.5, 0.6) is 0 Å². The van der Waals surface area contributed by atoms with Gasteiger partial charge < -0.3 is 5.73 Å². The summed E-state index contributed by atoms with van der Waals surface area (Å²) >= 11 is 0. The molecular weight excluding hydrogens is 200 g/mol. The van der Waals surface area contributed by atoms with Crippen LogP contribution >= 0.6 is 0 Å². The molecule has 1 aromatic rings. The van der Waals surface area contributed by atoms with Crippen LogP contribution in [-0.2, 0) is 6.42 Å². The smallest absolute Gasteiger partial charge is 0.126 e. The van der Waals surface area contributed by atoms with Crippen molar-refractivity contribution in [2.24, 2.45) is 0 Å². The first-order valence-corrected chi connectivity index (χ1v) is 6.01. The third kappa shape index (κ3) is 2.19. The van der Waals surface area contributed by atoms with Gasteiger partial charge in [-0.05, 0) is 12.8 Å². The monoisotopic (exact) mass is 218 g/mol. The number of nitriles is 1. The lowest BCUT2D eigenvalue weighted by atomic mass is 10.1. The fourth-order valence-electron chi connectivity index (χ4n) is 2.42. The van der Waals surface area contributed by atoms with E-state index < -0.39 is 0 Å². The van der Waals surface area contributed by atoms with Crippen LogP contribution in [0, 0.1) is 11.3 Å². The number of rotatable bonds is 2. The normalized spacial score (nSPS) is 17.9. The molecule has 0 amide bonds. The summed E-state index contributed by atoms with van der Waals surface area (Å²) < 4.78 is 1.93. The second-order valence-electron chi connectivity index (χ2n) is 4.48. The van der Waals surface area contributed by atoms with Crippen LogP contribution in [0.25, 0.3) is 0 Å². The highest BCUT2D eigenvalue weighted by atomic mass is 15.3. The van der Waals surface area contributed by atoms with Gasteiger partial charge in [0.2, 0.25) is 0 Å². The standard InChI is InChI=1S/C12H18N4/c13-8-7-10-9-15-16(12(10)14)11-5-3-1-2-4-6-11/h9,11H,1-7,14H2. The molecule has 2 rings (SSSR count). The fourth-order valence-corrected chi connectivity index (χ4v) is 2.42. The molecule has 0 aromatic carbocycles. The summed E-state index contributed by atoms with van der Waals surface area (Å²) in [5.74, 6) is 0.688. The van der Waals surface area contributed by atoms with Crippen LogP contribution in [0.2, 0.25) is 0 Å². The Morgan fingerprint density at radius 2 is 2.06 bits per heavy atom. The molecule has 1 aromatic heterocycles. The van der Waals surface area contributed by atoms with Gasteiger partial charge in [-0.15, -0.1) is 0 Å². The highest BCUT2D eigenvalue weighted by Crippen LogP contribution is 2.29. The summed E-state index contributed by atoms with van der Waals surface area (Å²) in [4.78, 5) is 0. The zero-order chi connectivity index (χ0) is 11.4. The van der Waals surface area contributed by atoms with Gasteiger partial charge in [0.05, 0.1) is 24.7 Å². The van der Waals surface area contributed by atoms with Crippen molar-refractivity contribution in [2.45, 2.75) is 51.0 Å². The molecule has 1 fully saturated rings. The number of aromatic nitrogens is 2. The molecule has 1 aliphatic rings. The lowest BCUT2D eigenvalue weighted by Gasteiger charge is -2.16. The molecule has 4 nitrogen and oxygen atoms in total. The van der Waals surface area contributed by atoms with E-state index in [1.807, 2.05) is 4.68 Å². The molecule has 0 unspecified atom stereocenters. The summed E-state index contributed by atoms with van der Waals surface area (Å²) in [6, 6.07) is 2.56. The number of hydrogen-bond donors (Lipinski definition) is 1. The first-order chi connectivity index (χ1) is 7.83. The highest BCUT2D eigenvalue weighted by Gasteiger charge is 2.18. The zero-order valence-corrected chi connectivity index (χ0v) is 9.52. The Hall–Kier alpha value is -1.50. The van der Waals surface area contributed by atoms with E-state index in [1.165, 1.54) is 25.7 Å². The molecule has 0 spiro atoms. The second kappa shape index (κ2) is 5.02. The van der Waals surface area contributed by atoms with Gasteiger partial charge in [0.15, 0.2) is 0 Å². The van der Waals surface area contributed by atoms with Crippen LogP contribution in [0.1, 0.15) is 50.1 Å². The number of anilines is 1. The summed E-state index contributed by atoms with van der Waals surface area (Å²) in [6.45, 7) is 0. The van der Waals surface area contributed by atoms with Crippen LogP contribution in [0.15, 0.2) is 6.20 Å². The van der Waals surface area contributed by atoms with E-state index in [2.05, 4.69) is 11.2 Å². The van der Waals surface area contributed by atoms with Crippen molar-refractivity contribution in [2.75, 3.05) is 5.73 Å². The van der Waals surface area contributed by atoms with E-state index in [-0.39, 0.29) is 0 Å². The Morgan fingerprint density at radius 1 is 1.38 bits per heavy atom. The summed E-state index contributed by atoms with van der Waals surface area (Å²) in [5.41, 5.74) is 6.89. The molecule has 4 heteroatoms. The molecule has 0 aliphatic heterocycles. The SMILES string of the molecule is N#CCc1cnn(C2CCCCCC2)c1N. The van der Waals surface area contributed by atoms with Crippen molar-refractivity contribution in [3.8, 4) is 6.07 Å². The molecule has 86 valence electrons. The van der Waals surface area contributed by atoms with Gasteiger partial charge in [0.25, 0.3) is 0 Å². The lowest BCUT2D eigenvalue weighted by molar-refractivity contribution is 0.411. The zero-order valence-electron chi connectivity index (χ0n) is 9.52. The first kappa shape index (κ1) is 11.0. The van der Waals surface area contributed by atoms with E-state index in [0.717, 1.165) is 18.4 Å². The largest absolute Gasteiger partial charge is 0.384 e. The molecule has 0 radical (unpaired) electrons. The molecule has 0 bridgehead atoms. The third-order valence-electron chi connectivity index (χ3n) is 3.35. The van der Waals surface area contributed by atoms with E-state index in [9.17, 15) is 0 Å². The molecule has 0 atom stereocenters. The van der Waals surface area contributed by atoms with E-state index in [1.54, 1.807) is 6.20 Å². The van der Waals surface area contributed by atoms with Gasteiger partial charge >= 0.3 is 0 Å². The minimum Gasteiger partial charge on any atom is -0.384 e. The minimum absolute atomic E-state index is 0.360. The molecule has 1 aliphatic carbocycles. The quantitative estimate of drug-likeness (QED) is 0.775. The van der Waals surface area contributed by atoms with Crippen molar-refractivity contribution in [3.63, 3.8) is 0 Å². The number of nitrogens with zero attached hydrogens (tertiary/aromatic N) is 3. The maximum atomic E-state index is 8.67. The summed E-state index contributed by atoms with van der Waals surface area (Å²) in [5, 5.41) is 13.0. The van der Waals surface area contributed by atoms with Crippen LogP contribution < -0.4 is 5.73 Å². The Labute approximate surface area is 96.0 Å². The predicted octanol–water partition coefficient (Wildman–Crippen LogP) is 2.43. The highest BCUT2D eigenvalue weighted by molar-refractivity contribution is 5.40. The summed E-state index contributed by atoms with van der Waals surface area (Å²) in [7, 11) is 0. The van der Waals surface area contributed by atoms with Crippen LogP contribution in [-0.4, -0.2) is 9.78 Å². The average molecular weight is 218 g/mol. The minimum atomic E-state index is 0.360. The predicted molar refractivity (Wildman–Crippen MR) is 62.7 cm³/mol. The molecule has 1 saturated carbocycles. The van der Waals surface area contributed by atoms with Crippen LogP contribution in [0.4, 0.5) is 5.82 Å². The van der Waals surface area contributed by atoms with Gasteiger partial charge in [-0.25, -0.2) is 4.68 Å². The second-order valence-corrected chi connectivity index (χ2v) is 4.48. The Kier molecular flexibility index (Phi) is 3.45. The number of hydrogen-bond acceptors (Lipinski definition) is 3.